The van der Waals surface area contributed by atoms with Crippen LogP contribution in [0, 0.1) is 0 Å². The molecule has 0 radical (unpaired) electrons. The number of aromatic nitrogens is 5. The highest BCUT2D eigenvalue weighted by Crippen LogP contribution is 2.39. The fraction of sp³-hybridized carbons (Fsp3) is 0. The number of nitrogens with zero attached hydrogens (tertiary/aromatic N) is 5. The molecule has 12 rings (SSSR count). The lowest BCUT2D eigenvalue weighted by Crippen LogP contribution is -1.98. The topological polar surface area (TPSA) is 56.5 Å². The second-order valence-corrected chi connectivity index (χ2v) is 16.7. The normalized spacial score (nSPS) is 11.3. The highest BCUT2D eigenvalue weighted by atomic mass is 15.0. The standard InChI is InChI=1S/C62H41N5/c1-6-19-42(20-7-1)48-33-34-60-54(39-48)53-31-16-17-32-59(53)67(60)52-30-18-29-47(38-52)49-35-50(57-40-55(43-21-8-2-9-22-43)63-61(65-57)45-25-12-4-13-26-45)37-51(36-49)58-41-56(44-23-10-3-11-24-44)64-62(66-58)46-27-14-5-15-28-46/h1-41H. The third-order valence-electron chi connectivity index (χ3n) is 12.4. The molecule has 3 aromatic heterocycles. The van der Waals surface area contributed by atoms with Gasteiger partial charge < -0.3 is 4.57 Å². The maximum Gasteiger partial charge on any atom is 0.160 e. The molecule has 0 amide bonds. The molecule has 0 unspecified atom stereocenters. The van der Waals surface area contributed by atoms with Crippen LogP contribution >= 0.6 is 0 Å². The summed E-state index contributed by atoms with van der Waals surface area (Å²) in [5.41, 5.74) is 17.0. The van der Waals surface area contributed by atoms with Gasteiger partial charge in [-0.15, -0.1) is 0 Å². The van der Waals surface area contributed by atoms with Crippen LogP contribution in [-0.4, -0.2) is 24.5 Å². The zero-order valence-corrected chi connectivity index (χ0v) is 36.4. The van der Waals surface area contributed by atoms with E-state index in [1.54, 1.807) is 0 Å². The summed E-state index contributed by atoms with van der Waals surface area (Å²) in [6, 6.07) is 87.0. The molecule has 0 N–H and O–H groups in total. The lowest BCUT2D eigenvalue weighted by atomic mass is 9.95. The summed E-state index contributed by atoms with van der Waals surface area (Å²) in [6.07, 6.45) is 0. The van der Waals surface area contributed by atoms with E-state index >= 15 is 0 Å². The largest absolute Gasteiger partial charge is 0.309 e. The van der Waals surface area contributed by atoms with Gasteiger partial charge in [-0.05, 0) is 82.9 Å². The molecule has 0 atom stereocenters. The van der Waals surface area contributed by atoms with Crippen molar-refractivity contribution in [2.75, 3.05) is 0 Å². The molecule has 0 saturated heterocycles. The summed E-state index contributed by atoms with van der Waals surface area (Å²) >= 11 is 0. The molecule has 0 fully saturated rings. The smallest absolute Gasteiger partial charge is 0.160 e. The number of hydrogen-bond acceptors (Lipinski definition) is 4. The summed E-state index contributed by atoms with van der Waals surface area (Å²) in [5, 5.41) is 2.43. The number of hydrogen-bond donors (Lipinski definition) is 0. The molecule has 12 aromatic rings. The Morgan fingerprint density at radius 2 is 0.627 bits per heavy atom. The molecule has 0 bridgehead atoms. The Balaban J connectivity index is 1.08. The Morgan fingerprint density at radius 3 is 1.16 bits per heavy atom. The fourth-order valence-corrected chi connectivity index (χ4v) is 9.11. The van der Waals surface area contributed by atoms with Crippen molar-refractivity contribution in [2.45, 2.75) is 0 Å². The molecule has 9 aromatic carbocycles. The minimum Gasteiger partial charge on any atom is -0.309 e. The van der Waals surface area contributed by atoms with Crippen molar-refractivity contribution < 1.29 is 0 Å². The van der Waals surface area contributed by atoms with Gasteiger partial charge in [-0.25, -0.2) is 19.9 Å². The van der Waals surface area contributed by atoms with Crippen molar-refractivity contribution in [1.82, 2.24) is 24.5 Å². The molecule has 5 heteroatoms. The molecule has 67 heavy (non-hydrogen) atoms. The van der Waals surface area contributed by atoms with Gasteiger partial charge >= 0.3 is 0 Å². The Morgan fingerprint density at radius 1 is 0.224 bits per heavy atom. The molecule has 3 heterocycles. The van der Waals surface area contributed by atoms with Crippen LogP contribution < -0.4 is 0 Å². The fourth-order valence-electron chi connectivity index (χ4n) is 9.11. The van der Waals surface area contributed by atoms with Crippen LogP contribution in [0.4, 0.5) is 0 Å². The number of fused-ring (bicyclic) bond motifs is 3. The summed E-state index contributed by atoms with van der Waals surface area (Å²) in [7, 11) is 0. The predicted octanol–water partition coefficient (Wildman–Crippen LogP) is 15.7. The van der Waals surface area contributed by atoms with Gasteiger partial charge in [0.05, 0.1) is 33.8 Å². The zero-order valence-electron chi connectivity index (χ0n) is 36.4. The highest BCUT2D eigenvalue weighted by molar-refractivity contribution is 6.10. The molecule has 0 aliphatic rings. The highest BCUT2D eigenvalue weighted by Gasteiger charge is 2.18. The second-order valence-electron chi connectivity index (χ2n) is 16.7. The number of para-hydroxylation sites is 1. The van der Waals surface area contributed by atoms with E-state index in [1.165, 1.54) is 21.9 Å². The Kier molecular flexibility index (Phi) is 10.1. The third kappa shape index (κ3) is 7.75. The SMILES string of the molecule is c1ccc(-c2ccc3c(c2)c2ccccc2n3-c2cccc(-c3cc(-c4cc(-c5ccccc5)nc(-c5ccccc5)n4)cc(-c4cc(-c5ccccc5)nc(-c5ccccc5)n4)c3)c2)cc1. The second kappa shape index (κ2) is 17.1. The molecule has 0 aliphatic heterocycles. The van der Waals surface area contributed by atoms with Gasteiger partial charge in [0.2, 0.25) is 0 Å². The van der Waals surface area contributed by atoms with Gasteiger partial charge in [0.1, 0.15) is 0 Å². The first kappa shape index (κ1) is 39.5. The van der Waals surface area contributed by atoms with Crippen LogP contribution in [0.25, 0.3) is 118 Å². The van der Waals surface area contributed by atoms with Crippen molar-refractivity contribution in [2.24, 2.45) is 0 Å². The van der Waals surface area contributed by atoms with Gasteiger partial charge in [0, 0.05) is 49.8 Å². The van der Waals surface area contributed by atoms with Gasteiger partial charge in [-0.3, -0.25) is 0 Å². The van der Waals surface area contributed by atoms with Crippen LogP contribution in [-0.2, 0) is 0 Å². The van der Waals surface area contributed by atoms with Crippen molar-refractivity contribution in [1.29, 1.82) is 0 Å². The van der Waals surface area contributed by atoms with E-state index in [2.05, 4.69) is 180 Å². The van der Waals surface area contributed by atoms with E-state index in [-0.39, 0.29) is 0 Å². The van der Waals surface area contributed by atoms with E-state index in [4.69, 9.17) is 19.9 Å². The van der Waals surface area contributed by atoms with Crippen molar-refractivity contribution in [3.8, 4) is 95.7 Å². The van der Waals surface area contributed by atoms with Gasteiger partial charge in [0.15, 0.2) is 11.6 Å². The Labute approximate surface area is 389 Å². The van der Waals surface area contributed by atoms with E-state index < -0.39 is 0 Å². The maximum absolute atomic E-state index is 5.31. The van der Waals surface area contributed by atoms with Crippen molar-refractivity contribution in [3.63, 3.8) is 0 Å². The van der Waals surface area contributed by atoms with E-state index in [1.807, 2.05) is 72.8 Å². The van der Waals surface area contributed by atoms with Crippen LogP contribution in [0.5, 0.6) is 0 Å². The first-order valence-corrected chi connectivity index (χ1v) is 22.5. The zero-order chi connectivity index (χ0) is 44.5. The average Bonchev–Trinajstić information content (AvgIpc) is 3.75. The van der Waals surface area contributed by atoms with Gasteiger partial charge in [0.25, 0.3) is 0 Å². The maximum atomic E-state index is 5.31. The molecular formula is C62H41N5. The summed E-state index contributed by atoms with van der Waals surface area (Å²) in [5.74, 6) is 1.32. The van der Waals surface area contributed by atoms with Gasteiger partial charge in [-0.2, -0.15) is 0 Å². The number of rotatable bonds is 9. The molecule has 0 aliphatic carbocycles. The average molecular weight is 856 g/mol. The van der Waals surface area contributed by atoms with Gasteiger partial charge in [-0.1, -0.05) is 188 Å². The van der Waals surface area contributed by atoms with E-state index in [9.17, 15) is 0 Å². The van der Waals surface area contributed by atoms with Crippen LogP contribution in [0.3, 0.4) is 0 Å². The monoisotopic (exact) mass is 855 g/mol. The quantitative estimate of drug-likeness (QED) is 0.145. The van der Waals surface area contributed by atoms with Crippen LogP contribution in [0.15, 0.2) is 249 Å². The summed E-state index contributed by atoms with van der Waals surface area (Å²) in [6.45, 7) is 0. The minimum absolute atomic E-state index is 0.660. The van der Waals surface area contributed by atoms with Crippen LogP contribution in [0.1, 0.15) is 0 Å². The van der Waals surface area contributed by atoms with Crippen LogP contribution in [0.2, 0.25) is 0 Å². The Bertz CT molecular complexity index is 3460. The van der Waals surface area contributed by atoms with Crippen molar-refractivity contribution >= 4 is 21.8 Å². The summed E-state index contributed by atoms with van der Waals surface area (Å²) in [4.78, 5) is 20.9. The first-order valence-electron chi connectivity index (χ1n) is 22.5. The molecule has 0 spiro atoms. The molecule has 0 saturated carbocycles. The molecule has 314 valence electrons. The lowest BCUT2D eigenvalue weighted by molar-refractivity contribution is 1.18. The van der Waals surface area contributed by atoms with E-state index in [0.717, 1.165) is 84.0 Å². The minimum atomic E-state index is 0.660. The Hall–Kier alpha value is -9.06. The molecular weight excluding hydrogens is 815 g/mol. The predicted molar refractivity (Wildman–Crippen MR) is 275 cm³/mol. The lowest BCUT2D eigenvalue weighted by Gasteiger charge is -2.15. The summed E-state index contributed by atoms with van der Waals surface area (Å²) < 4.78 is 2.39. The third-order valence-corrected chi connectivity index (χ3v) is 12.4. The molecule has 5 nitrogen and oxygen atoms in total. The first-order chi connectivity index (χ1) is 33.2. The number of benzene rings is 9. The van der Waals surface area contributed by atoms with Crippen molar-refractivity contribution in [3.05, 3.63) is 249 Å². The van der Waals surface area contributed by atoms with E-state index in [0.29, 0.717) is 11.6 Å².